The third-order valence-corrected chi connectivity index (χ3v) is 3.34. The lowest BCUT2D eigenvalue weighted by Gasteiger charge is -2.23. The molecular formula is C14H27NO. The van der Waals surface area contributed by atoms with Gasteiger partial charge in [-0.1, -0.05) is 27.2 Å². The third kappa shape index (κ3) is 6.26. The van der Waals surface area contributed by atoms with E-state index in [-0.39, 0.29) is 0 Å². The van der Waals surface area contributed by atoms with E-state index in [1.165, 1.54) is 19.3 Å². The maximum absolute atomic E-state index is 11.7. The van der Waals surface area contributed by atoms with Crippen LogP contribution in [-0.4, -0.2) is 18.4 Å². The summed E-state index contributed by atoms with van der Waals surface area (Å²) < 4.78 is 0. The highest BCUT2D eigenvalue weighted by Crippen LogP contribution is 2.21. The van der Waals surface area contributed by atoms with Gasteiger partial charge in [-0.05, 0) is 37.6 Å². The number of hydrogen-bond acceptors (Lipinski definition) is 2. The maximum Gasteiger partial charge on any atom is 0.132 e. The van der Waals surface area contributed by atoms with Crippen LogP contribution in [0.1, 0.15) is 65.7 Å². The van der Waals surface area contributed by atoms with E-state index in [2.05, 4.69) is 26.1 Å². The van der Waals surface area contributed by atoms with Gasteiger partial charge in [0.2, 0.25) is 0 Å². The number of carbonyl (C=O) groups excluding carboxylic acids is 1. The van der Waals surface area contributed by atoms with E-state index < -0.39 is 0 Å². The van der Waals surface area contributed by atoms with E-state index in [0.29, 0.717) is 17.2 Å². The van der Waals surface area contributed by atoms with Crippen molar-refractivity contribution in [1.82, 2.24) is 5.32 Å². The molecule has 1 saturated heterocycles. The summed E-state index contributed by atoms with van der Waals surface area (Å²) in [4.78, 5) is 11.7. The lowest BCUT2D eigenvalue weighted by molar-refractivity contribution is -0.119. The quantitative estimate of drug-likeness (QED) is 0.778. The molecule has 1 aliphatic heterocycles. The van der Waals surface area contributed by atoms with Crippen molar-refractivity contribution in [3.63, 3.8) is 0 Å². The topological polar surface area (TPSA) is 29.1 Å². The molecule has 1 aliphatic rings. The van der Waals surface area contributed by atoms with Crippen LogP contribution >= 0.6 is 0 Å². The summed E-state index contributed by atoms with van der Waals surface area (Å²) in [7, 11) is 0. The monoisotopic (exact) mass is 225 g/mol. The van der Waals surface area contributed by atoms with Gasteiger partial charge in [0.05, 0.1) is 0 Å². The van der Waals surface area contributed by atoms with E-state index in [4.69, 9.17) is 0 Å². The molecule has 1 heterocycles. The number of nitrogens with one attached hydrogen (secondary N) is 1. The summed E-state index contributed by atoms with van der Waals surface area (Å²) in [5.74, 6) is 0.447. The Balaban J connectivity index is 2.09. The Labute approximate surface area is 100 Å². The van der Waals surface area contributed by atoms with E-state index in [1.54, 1.807) is 0 Å². The summed E-state index contributed by atoms with van der Waals surface area (Å²) >= 11 is 0. The maximum atomic E-state index is 11.7. The van der Waals surface area contributed by atoms with Crippen molar-refractivity contribution in [1.29, 1.82) is 0 Å². The minimum Gasteiger partial charge on any atom is -0.314 e. The second-order valence-corrected chi connectivity index (χ2v) is 6.28. The minimum atomic E-state index is 0.290. The fraction of sp³-hybridized carbons (Fsp3) is 0.929. The van der Waals surface area contributed by atoms with E-state index in [0.717, 1.165) is 32.2 Å². The molecular weight excluding hydrogens is 198 g/mol. The van der Waals surface area contributed by atoms with Gasteiger partial charge in [0, 0.05) is 18.9 Å². The van der Waals surface area contributed by atoms with Crippen molar-refractivity contribution < 1.29 is 4.79 Å². The van der Waals surface area contributed by atoms with Gasteiger partial charge in [0.25, 0.3) is 0 Å². The van der Waals surface area contributed by atoms with Crippen LogP contribution < -0.4 is 5.32 Å². The second-order valence-electron chi connectivity index (χ2n) is 6.28. The lowest BCUT2D eigenvalue weighted by atomic mass is 9.88. The van der Waals surface area contributed by atoms with Gasteiger partial charge in [0.15, 0.2) is 0 Å². The number of ketones is 1. The van der Waals surface area contributed by atoms with Gasteiger partial charge in [-0.3, -0.25) is 4.79 Å². The molecule has 2 nitrogen and oxygen atoms in total. The molecule has 1 N–H and O–H groups in total. The van der Waals surface area contributed by atoms with Crippen LogP contribution in [0.5, 0.6) is 0 Å². The van der Waals surface area contributed by atoms with Crippen LogP contribution in [0.25, 0.3) is 0 Å². The molecule has 0 amide bonds. The van der Waals surface area contributed by atoms with Gasteiger partial charge in [-0.2, -0.15) is 0 Å². The molecule has 0 radical (unpaired) electrons. The number of hydrogen-bond donors (Lipinski definition) is 1. The highest BCUT2D eigenvalue weighted by Gasteiger charge is 2.16. The molecule has 1 unspecified atom stereocenters. The van der Waals surface area contributed by atoms with Gasteiger partial charge in [-0.25, -0.2) is 0 Å². The molecule has 2 heteroatoms. The van der Waals surface area contributed by atoms with Crippen LogP contribution in [0.4, 0.5) is 0 Å². The van der Waals surface area contributed by atoms with E-state index >= 15 is 0 Å². The van der Waals surface area contributed by atoms with Crippen molar-refractivity contribution in [2.45, 2.75) is 71.8 Å². The largest absolute Gasteiger partial charge is 0.314 e. The second kappa shape index (κ2) is 6.39. The van der Waals surface area contributed by atoms with Crippen LogP contribution in [0, 0.1) is 5.41 Å². The van der Waals surface area contributed by atoms with Crippen LogP contribution in [0.15, 0.2) is 0 Å². The first-order valence-electron chi connectivity index (χ1n) is 6.72. The summed E-state index contributed by atoms with van der Waals surface area (Å²) in [6.45, 7) is 7.73. The Morgan fingerprint density at radius 2 is 2.00 bits per heavy atom. The molecule has 0 aromatic heterocycles. The van der Waals surface area contributed by atoms with Gasteiger partial charge < -0.3 is 5.32 Å². The Morgan fingerprint density at radius 1 is 1.25 bits per heavy atom. The Morgan fingerprint density at radius 3 is 2.56 bits per heavy atom. The zero-order valence-corrected chi connectivity index (χ0v) is 11.1. The van der Waals surface area contributed by atoms with Crippen molar-refractivity contribution in [2.24, 2.45) is 5.41 Å². The molecule has 16 heavy (non-hydrogen) atoms. The van der Waals surface area contributed by atoms with Crippen molar-refractivity contribution in [3.8, 4) is 0 Å². The van der Waals surface area contributed by atoms with E-state index in [9.17, 15) is 4.79 Å². The highest BCUT2D eigenvalue weighted by molar-refractivity contribution is 5.78. The normalized spacial score (nSPS) is 22.1. The van der Waals surface area contributed by atoms with Crippen molar-refractivity contribution >= 4 is 5.78 Å². The van der Waals surface area contributed by atoms with E-state index in [1.807, 2.05) is 0 Å². The number of piperidine rings is 1. The number of Topliss-reactive ketones (excluding diaryl/α,β-unsaturated/α-hetero) is 1. The van der Waals surface area contributed by atoms with Gasteiger partial charge in [0.1, 0.15) is 5.78 Å². The van der Waals surface area contributed by atoms with Crippen molar-refractivity contribution in [2.75, 3.05) is 6.54 Å². The molecule has 94 valence electrons. The van der Waals surface area contributed by atoms with Crippen LogP contribution in [0.3, 0.4) is 0 Å². The number of rotatable bonds is 5. The fourth-order valence-electron chi connectivity index (χ4n) is 2.15. The first-order valence-corrected chi connectivity index (χ1v) is 6.72. The summed E-state index contributed by atoms with van der Waals surface area (Å²) in [5, 5.41) is 3.49. The molecule has 1 fully saturated rings. The molecule has 0 bridgehead atoms. The third-order valence-electron chi connectivity index (χ3n) is 3.34. The minimum absolute atomic E-state index is 0.290. The first-order chi connectivity index (χ1) is 7.47. The fourth-order valence-corrected chi connectivity index (χ4v) is 2.15. The predicted molar refractivity (Wildman–Crippen MR) is 68.6 cm³/mol. The zero-order valence-electron chi connectivity index (χ0n) is 11.1. The Hall–Kier alpha value is -0.370. The average molecular weight is 225 g/mol. The molecule has 0 aromatic rings. The molecule has 0 spiro atoms. The molecule has 1 atom stereocenters. The first kappa shape index (κ1) is 13.7. The van der Waals surface area contributed by atoms with Crippen LogP contribution in [0.2, 0.25) is 0 Å². The molecule has 0 saturated carbocycles. The summed E-state index contributed by atoms with van der Waals surface area (Å²) in [6.07, 6.45) is 7.48. The Kier molecular flexibility index (Phi) is 5.47. The number of carbonyl (C=O) groups is 1. The SMILES string of the molecule is CC(C)(C)CCC(=O)CCC1CCCCN1. The standard InChI is InChI=1S/C14H27NO/c1-14(2,3)10-9-13(16)8-7-12-6-4-5-11-15-12/h12,15H,4-11H2,1-3H3. The van der Waals surface area contributed by atoms with Gasteiger partial charge >= 0.3 is 0 Å². The summed E-state index contributed by atoms with van der Waals surface area (Å²) in [6, 6.07) is 0.604. The summed E-state index contributed by atoms with van der Waals surface area (Å²) in [5.41, 5.74) is 0.290. The predicted octanol–water partition coefficient (Wildman–Crippen LogP) is 3.30. The lowest BCUT2D eigenvalue weighted by Crippen LogP contribution is -2.34. The molecule has 0 aliphatic carbocycles. The molecule has 0 aromatic carbocycles. The van der Waals surface area contributed by atoms with Crippen molar-refractivity contribution in [3.05, 3.63) is 0 Å². The van der Waals surface area contributed by atoms with Gasteiger partial charge in [-0.15, -0.1) is 0 Å². The highest BCUT2D eigenvalue weighted by atomic mass is 16.1. The zero-order chi connectivity index (χ0) is 12.0. The Bertz CT molecular complexity index is 211. The van der Waals surface area contributed by atoms with Crippen LogP contribution in [-0.2, 0) is 4.79 Å². The molecule has 1 rings (SSSR count). The average Bonchev–Trinajstić information content (AvgIpc) is 2.24. The smallest absolute Gasteiger partial charge is 0.132 e.